The molecule has 0 spiro atoms. The number of hydrogen-bond acceptors (Lipinski definition) is 5. The molecule has 2 heterocycles. The number of piperidine rings is 1. The average molecular weight is 358 g/mol. The monoisotopic (exact) mass is 357 g/mol. The van der Waals surface area contributed by atoms with Crippen molar-refractivity contribution in [2.75, 3.05) is 17.9 Å². The first-order valence-corrected chi connectivity index (χ1v) is 6.51. The Morgan fingerprint density at radius 3 is 3.12 bits per heavy atom. The molecule has 25 heavy (non-hydrogen) atoms. The predicted molar refractivity (Wildman–Crippen MR) is 95.6 cm³/mol. The van der Waals surface area contributed by atoms with Gasteiger partial charge in [0, 0.05) is 45.8 Å². The van der Waals surface area contributed by atoms with Crippen LogP contribution in [0.3, 0.4) is 0 Å². The number of aromatic nitrogens is 2. The zero-order valence-electron chi connectivity index (χ0n) is 30.3. The molecule has 1 saturated heterocycles. The maximum absolute atomic E-state index is 13.7. The van der Waals surface area contributed by atoms with Crippen LogP contribution in [0.25, 0.3) is 0 Å². The van der Waals surface area contributed by atoms with Crippen molar-refractivity contribution in [3.05, 3.63) is 62.2 Å². The van der Waals surface area contributed by atoms with Crippen LogP contribution in [0.5, 0.6) is 0 Å². The molecule has 0 unspecified atom stereocenters. The van der Waals surface area contributed by atoms with E-state index in [-0.39, 0.29) is 6.07 Å². The van der Waals surface area contributed by atoms with E-state index in [1.165, 1.54) is 6.07 Å². The lowest BCUT2D eigenvalue weighted by atomic mass is 10.1. The second kappa shape index (κ2) is 6.95. The standard InChI is InChI=1S/C18H21N5O2/c1-21-17(24)9-16(22-8-4-7-15(20)12-22)23(18(21)25)11-14-6-3-2-5-13(14)10-19/h2-3,5-6,9,15H,4,7-8,11-12,20H2,1H3/t15-/m1/s1/i1D3,2D,3D,4D2,5D,6D,7D2,8D2,11D2,12D2,15D. The quantitative estimate of drug-likeness (QED) is 0.857. The van der Waals surface area contributed by atoms with Gasteiger partial charge in [0.15, 0.2) is 0 Å². The van der Waals surface area contributed by atoms with Crippen LogP contribution < -0.4 is 21.9 Å². The number of nitriles is 1. The maximum Gasteiger partial charge on any atom is 0.332 e. The van der Waals surface area contributed by atoms with Gasteiger partial charge >= 0.3 is 5.69 Å². The van der Waals surface area contributed by atoms with Gasteiger partial charge in [-0.1, -0.05) is 18.1 Å². The summed E-state index contributed by atoms with van der Waals surface area (Å²) in [5, 5.41) is 9.67. The number of nitrogens with zero attached hydrogens (tertiary/aromatic N) is 4. The molecule has 2 aromatic rings. The van der Waals surface area contributed by atoms with Gasteiger partial charge in [-0.3, -0.25) is 13.9 Å². The summed E-state index contributed by atoms with van der Waals surface area (Å²) >= 11 is 0. The Kier molecular flexibility index (Phi) is 1.55. The van der Waals surface area contributed by atoms with Crippen molar-refractivity contribution in [1.29, 1.82) is 5.26 Å². The summed E-state index contributed by atoms with van der Waals surface area (Å²) in [6.45, 7) is -15.6. The van der Waals surface area contributed by atoms with E-state index in [1.54, 1.807) is 0 Å². The molecule has 0 bridgehead atoms. The summed E-state index contributed by atoms with van der Waals surface area (Å²) in [7, 11) is 0. The van der Waals surface area contributed by atoms with Crippen LogP contribution in [0.2, 0.25) is 0 Å². The van der Waals surface area contributed by atoms with Gasteiger partial charge in [0.05, 0.1) is 29.1 Å². The van der Waals surface area contributed by atoms with Crippen LogP contribution in [0, 0.1) is 11.3 Å². The van der Waals surface area contributed by atoms with Crippen LogP contribution in [-0.4, -0.2) is 28.1 Å². The summed E-state index contributed by atoms with van der Waals surface area (Å²) in [5.41, 5.74) is -0.942. The summed E-state index contributed by atoms with van der Waals surface area (Å²) in [6, 6.07) is -7.09. The fourth-order valence-corrected chi connectivity index (χ4v) is 1.84. The van der Waals surface area contributed by atoms with Gasteiger partial charge in [-0.25, -0.2) is 4.79 Å². The molecule has 0 amide bonds. The Balaban J connectivity index is 2.72. The Hall–Kier alpha value is -2.85. The first-order valence-electron chi connectivity index (χ1n) is 15.5. The van der Waals surface area contributed by atoms with E-state index in [1.807, 2.05) is 0 Å². The molecule has 1 aromatic heterocycles. The van der Waals surface area contributed by atoms with E-state index in [9.17, 15) is 14.9 Å². The second-order valence-electron chi connectivity index (χ2n) is 4.49. The third-order valence-corrected chi connectivity index (χ3v) is 2.93. The maximum atomic E-state index is 13.7. The van der Waals surface area contributed by atoms with Crippen molar-refractivity contribution < 1.29 is 24.7 Å². The largest absolute Gasteiger partial charge is 0.356 e. The van der Waals surface area contributed by atoms with Crippen molar-refractivity contribution in [3.8, 4) is 6.07 Å². The SMILES string of the molecule is [2H]c1c([2H])c([2H])c(C([2H])([2H])n2c(N3C([2H])([2H])C([2H])([2H])C([2H])([2H])[C@@]([2H])(N)C3([2H])[2H])cc(=O)n(C([2H])([2H])[2H])c2=O)c(C#N)c1[2H]. The van der Waals surface area contributed by atoms with Crippen molar-refractivity contribution in [1.82, 2.24) is 9.13 Å². The summed E-state index contributed by atoms with van der Waals surface area (Å²) in [4.78, 5) is 26.1. The molecule has 0 aliphatic carbocycles. The van der Waals surface area contributed by atoms with E-state index >= 15 is 0 Å². The molecule has 7 heteroatoms. The van der Waals surface area contributed by atoms with Gasteiger partial charge in [0.25, 0.3) is 5.56 Å². The lowest BCUT2D eigenvalue weighted by molar-refractivity contribution is 0.491. The molecular formula is C18H21N5O2. The minimum absolute atomic E-state index is 0.0218. The topological polar surface area (TPSA) is 97.0 Å². The van der Waals surface area contributed by atoms with E-state index in [0.717, 1.165) is 0 Å². The molecular weight excluding hydrogens is 318 g/mol. The van der Waals surface area contributed by atoms with Crippen LogP contribution in [0.15, 0.2) is 39.8 Å². The highest BCUT2D eigenvalue weighted by Gasteiger charge is 2.22. The summed E-state index contributed by atoms with van der Waals surface area (Å²) in [5.74, 6) is -1.65. The Morgan fingerprint density at radius 1 is 1.56 bits per heavy atom. The average Bonchev–Trinajstić information content (AvgIpc) is 2.81. The van der Waals surface area contributed by atoms with Gasteiger partial charge in [-0.15, -0.1) is 0 Å². The third-order valence-electron chi connectivity index (χ3n) is 2.93. The number of anilines is 1. The smallest absolute Gasteiger partial charge is 0.332 e. The summed E-state index contributed by atoms with van der Waals surface area (Å²) < 4.78 is 146. The number of rotatable bonds is 3. The first kappa shape index (κ1) is 5.58. The summed E-state index contributed by atoms with van der Waals surface area (Å²) in [6.07, 6.45) is -7.85. The molecule has 1 aromatic carbocycles. The Labute approximate surface area is 170 Å². The van der Waals surface area contributed by atoms with Crippen LogP contribution in [0.1, 0.15) is 48.5 Å². The zero-order chi connectivity index (χ0) is 33.8. The Morgan fingerprint density at radius 2 is 2.36 bits per heavy atom. The van der Waals surface area contributed by atoms with Gasteiger partial charge in [-0.05, 0) is 24.4 Å². The van der Waals surface area contributed by atoms with Crippen molar-refractivity contribution in [2.45, 2.75) is 25.3 Å². The second-order valence-corrected chi connectivity index (χ2v) is 4.49. The highest BCUT2D eigenvalue weighted by molar-refractivity contribution is 5.42. The predicted octanol–water partition coefficient (Wildman–Crippen LogP) is 0.394. The van der Waals surface area contributed by atoms with Crippen LogP contribution >= 0.6 is 0 Å². The molecule has 1 atom stereocenters. The van der Waals surface area contributed by atoms with Gasteiger partial charge in [0.2, 0.25) is 0 Å². The Bertz CT molecular complexity index is 1650. The highest BCUT2D eigenvalue weighted by atomic mass is 16.2. The molecule has 1 fully saturated rings. The lowest BCUT2D eigenvalue weighted by Gasteiger charge is -2.34. The molecule has 0 saturated carbocycles. The fraction of sp³-hybridized carbons (Fsp3) is 0.389. The van der Waals surface area contributed by atoms with Crippen molar-refractivity contribution >= 4 is 5.82 Å². The van der Waals surface area contributed by atoms with Crippen molar-refractivity contribution in [2.24, 2.45) is 12.7 Å². The molecule has 1 aliphatic heterocycles. The number of hydrogen-bond donors (Lipinski definition) is 1. The molecule has 2 N–H and O–H groups in total. The number of nitrogens with two attached hydrogens (primary N) is 1. The van der Waals surface area contributed by atoms with E-state index in [2.05, 4.69) is 0 Å². The minimum atomic E-state index is -4.05. The highest BCUT2D eigenvalue weighted by Crippen LogP contribution is 2.19. The molecule has 0 radical (unpaired) electrons. The van der Waals surface area contributed by atoms with Crippen LogP contribution in [0.4, 0.5) is 5.82 Å². The van der Waals surface area contributed by atoms with Gasteiger partial charge in [-0.2, -0.15) is 5.26 Å². The van der Waals surface area contributed by atoms with Gasteiger partial charge in [0.1, 0.15) is 5.82 Å². The normalized spacial score (nSPS) is 39.9. The van der Waals surface area contributed by atoms with E-state index in [0.29, 0.717) is 0 Å². The lowest BCUT2D eigenvalue weighted by Crippen LogP contribution is -2.47. The first-order chi connectivity index (χ1) is 19.0. The molecule has 7 nitrogen and oxygen atoms in total. The third kappa shape index (κ3) is 3.35. The zero-order valence-corrected chi connectivity index (χ0v) is 12.3. The molecule has 3 rings (SSSR count). The molecule has 1 aliphatic rings. The van der Waals surface area contributed by atoms with Gasteiger partial charge < -0.3 is 10.6 Å². The van der Waals surface area contributed by atoms with Crippen LogP contribution in [-0.2, 0) is 13.5 Å². The number of benzene rings is 1. The van der Waals surface area contributed by atoms with E-state index in [4.69, 9.17) is 30.4 Å². The van der Waals surface area contributed by atoms with E-state index < -0.39 is 112 Å². The molecule has 130 valence electrons. The fourth-order valence-electron chi connectivity index (χ4n) is 1.84. The minimum Gasteiger partial charge on any atom is -0.356 e. The van der Waals surface area contributed by atoms with Crippen molar-refractivity contribution in [3.63, 3.8) is 0 Å².